The first-order chi connectivity index (χ1) is 3.68. The van der Waals surface area contributed by atoms with Gasteiger partial charge in [0.1, 0.15) is 0 Å². The Morgan fingerprint density at radius 2 is 2.25 bits per heavy atom. The fourth-order valence-corrected chi connectivity index (χ4v) is 0.272. The molecule has 0 saturated heterocycles. The molecule has 0 fully saturated rings. The van der Waals surface area contributed by atoms with Gasteiger partial charge in [-0.15, -0.1) is 0 Å². The topological polar surface area (TPSA) is 15.6 Å². The molecule has 0 unspecified atom stereocenters. The van der Waals surface area contributed by atoms with Crippen LogP contribution in [0.15, 0.2) is 17.3 Å². The van der Waals surface area contributed by atoms with E-state index in [9.17, 15) is 0 Å². The lowest BCUT2D eigenvalue weighted by atomic mass is 10.5. The predicted octanol–water partition coefficient (Wildman–Crippen LogP) is 1.11. The average Bonchev–Trinajstić information content (AvgIpc) is 1.67. The third-order valence-corrected chi connectivity index (χ3v) is 0.891. The Labute approximate surface area is 50.5 Å². The third-order valence-electron chi connectivity index (χ3n) is 0.891. The number of aliphatic imine (C=N–C) groups is 1. The van der Waals surface area contributed by atoms with Crippen LogP contribution in [0.5, 0.6) is 0 Å². The SMILES string of the molecule is C=C(C)N(C)/C=N\C. The molecule has 0 aliphatic rings. The van der Waals surface area contributed by atoms with E-state index in [1.165, 1.54) is 0 Å². The van der Waals surface area contributed by atoms with Crippen LogP contribution in [0.3, 0.4) is 0 Å². The van der Waals surface area contributed by atoms with E-state index >= 15 is 0 Å². The molecule has 0 aliphatic carbocycles. The lowest BCUT2D eigenvalue weighted by molar-refractivity contribution is 0.649. The first-order valence-corrected chi connectivity index (χ1v) is 2.49. The van der Waals surface area contributed by atoms with Crippen LogP contribution in [-0.4, -0.2) is 25.3 Å². The van der Waals surface area contributed by atoms with Crippen LogP contribution in [0.4, 0.5) is 0 Å². The number of hydrogen-bond donors (Lipinski definition) is 0. The zero-order chi connectivity index (χ0) is 6.57. The van der Waals surface area contributed by atoms with E-state index in [1.54, 1.807) is 13.4 Å². The van der Waals surface area contributed by atoms with Crippen LogP contribution in [0.1, 0.15) is 6.92 Å². The summed E-state index contributed by atoms with van der Waals surface area (Å²) in [7, 11) is 3.65. The highest BCUT2D eigenvalue weighted by molar-refractivity contribution is 5.56. The third kappa shape index (κ3) is 2.39. The fourth-order valence-electron chi connectivity index (χ4n) is 0.272. The highest BCUT2D eigenvalue weighted by Crippen LogP contribution is 1.89. The Balaban J connectivity index is 3.64. The van der Waals surface area contributed by atoms with Crippen molar-refractivity contribution in [2.45, 2.75) is 6.92 Å². The molecule has 0 aromatic heterocycles. The summed E-state index contributed by atoms with van der Waals surface area (Å²) in [4.78, 5) is 5.66. The Bertz CT molecular complexity index is 105. The van der Waals surface area contributed by atoms with Gasteiger partial charge in [-0.2, -0.15) is 0 Å². The van der Waals surface area contributed by atoms with Crippen molar-refractivity contribution in [3.05, 3.63) is 12.3 Å². The van der Waals surface area contributed by atoms with Crippen LogP contribution in [0.25, 0.3) is 0 Å². The van der Waals surface area contributed by atoms with E-state index in [4.69, 9.17) is 0 Å². The molecule has 0 aliphatic heterocycles. The molecule has 0 aromatic carbocycles. The number of allylic oxidation sites excluding steroid dienone is 1. The van der Waals surface area contributed by atoms with Crippen LogP contribution >= 0.6 is 0 Å². The molecule has 0 bridgehead atoms. The highest BCUT2D eigenvalue weighted by atomic mass is 15.1. The highest BCUT2D eigenvalue weighted by Gasteiger charge is 1.85. The summed E-state index contributed by atoms with van der Waals surface area (Å²) in [6.07, 6.45) is 1.72. The van der Waals surface area contributed by atoms with E-state index in [1.807, 2.05) is 18.9 Å². The predicted molar refractivity (Wildman–Crippen MR) is 37.0 cm³/mol. The molecular formula is C6H12N2. The van der Waals surface area contributed by atoms with E-state index in [0.717, 1.165) is 5.70 Å². The average molecular weight is 112 g/mol. The minimum Gasteiger partial charge on any atom is -0.340 e. The maximum atomic E-state index is 3.80. The van der Waals surface area contributed by atoms with Crippen molar-refractivity contribution in [1.82, 2.24) is 4.90 Å². The molecule has 0 amide bonds. The van der Waals surface area contributed by atoms with Crippen molar-refractivity contribution in [2.75, 3.05) is 14.1 Å². The Morgan fingerprint density at radius 1 is 1.75 bits per heavy atom. The quantitative estimate of drug-likeness (QED) is 0.386. The van der Waals surface area contributed by atoms with Gasteiger partial charge in [0.05, 0.1) is 6.34 Å². The smallest absolute Gasteiger partial charge is 0.0885 e. The molecule has 0 spiro atoms. The molecule has 0 N–H and O–H groups in total. The maximum Gasteiger partial charge on any atom is 0.0885 e. The summed E-state index contributed by atoms with van der Waals surface area (Å²) >= 11 is 0. The van der Waals surface area contributed by atoms with Crippen LogP contribution in [-0.2, 0) is 0 Å². The molecule has 0 rings (SSSR count). The van der Waals surface area contributed by atoms with Crippen molar-refractivity contribution in [3.8, 4) is 0 Å². The summed E-state index contributed by atoms with van der Waals surface area (Å²) < 4.78 is 0. The minimum absolute atomic E-state index is 0.996. The van der Waals surface area contributed by atoms with Gasteiger partial charge in [-0.3, -0.25) is 4.99 Å². The second-order valence-corrected chi connectivity index (χ2v) is 1.72. The summed E-state index contributed by atoms with van der Waals surface area (Å²) in [5.41, 5.74) is 0.996. The molecule has 46 valence electrons. The molecular weight excluding hydrogens is 100 g/mol. The van der Waals surface area contributed by atoms with Gasteiger partial charge < -0.3 is 4.90 Å². The van der Waals surface area contributed by atoms with Crippen molar-refractivity contribution >= 4 is 6.34 Å². The fraction of sp³-hybridized carbons (Fsp3) is 0.500. The first-order valence-electron chi connectivity index (χ1n) is 2.49. The molecule has 2 heteroatoms. The van der Waals surface area contributed by atoms with Gasteiger partial charge >= 0.3 is 0 Å². The van der Waals surface area contributed by atoms with Crippen LogP contribution in [0.2, 0.25) is 0 Å². The standard InChI is InChI=1S/C6H12N2/c1-6(2)8(4)5-7-3/h5H,1H2,2-4H3/b7-5-. The largest absolute Gasteiger partial charge is 0.340 e. The number of nitrogens with zero attached hydrogens (tertiary/aromatic N) is 2. The van der Waals surface area contributed by atoms with Crippen LogP contribution in [0, 0.1) is 0 Å². The molecule has 0 saturated carbocycles. The maximum absolute atomic E-state index is 3.80. The normalized spacial score (nSPS) is 9.88. The summed E-state index contributed by atoms with van der Waals surface area (Å²) in [6, 6.07) is 0. The molecule has 0 atom stereocenters. The monoisotopic (exact) mass is 112 g/mol. The molecule has 0 aromatic rings. The second kappa shape index (κ2) is 3.24. The van der Waals surface area contributed by atoms with E-state index in [-0.39, 0.29) is 0 Å². The van der Waals surface area contributed by atoms with Gasteiger partial charge in [0.15, 0.2) is 0 Å². The Hall–Kier alpha value is -0.790. The zero-order valence-electron chi connectivity index (χ0n) is 5.68. The van der Waals surface area contributed by atoms with Gasteiger partial charge in [0.2, 0.25) is 0 Å². The molecule has 2 nitrogen and oxygen atoms in total. The van der Waals surface area contributed by atoms with E-state index < -0.39 is 0 Å². The van der Waals surface area contributed by atoms with Crippen LogP contribution < -0.4 is 0 Å². The van der Waals surface area contributed by atoms with Crippen molar-refractivity contribution in [3.63, 3.8) is 0 Å². The first kappa shape index (κ1) is 7.21. The lowest BCUT2D eigenvalue weighted by Gasteiger charge is -2.09. The molecule has 0 radical (unpaired) electrons. The van der Waals surface area contributed by atoms with Crippen molar-refractivity contribution < 1.29 is 0 Å². The van der Waals surface area contributed by atoms with Gasteiger partial charge in [-0.25, -0.2) is 0 Å². The Kier molecular flexibility index (Phi) is 2.92. The zero-order valence-corrected chi connectivity index (χ0v) is 5.68. The molecule has 0 heterocycles. The number of hydrogen-bond acceptors (Lipinski definition) is 1. The van der Waals surface area contributed by atoms with Gasteiger partial charge in [0.25, 0.3) is 0 Å². The van der Waals surface area contributed by atoms with Crippen molar-refractivity contribution in [1.29, 1.82) is 0 Å². The summed E-state index contributed by atoms with van der Waals surface area (Å²) in [5, 5.41) is 0. The van der Waals surface area contributed by atoms with Gasteiger partial charge in [-0.05, 0) is 6.92 Å². The van der Waals surface area contributed by atoms with Gasteiger partial charge in [0, 0.05) is 19.8 Å². The van der Waals surface area contributed by atoms with E-state index in [0.29, 0.717) is 0 Å². The summed E-state index contributed by atoms with van der Waals surface area (Å²) in [6.45, 7) is 5.64. The Morgan fingerprint density at radius 3 is 2.38 bits per heavy atom. The summed E-state index contributed by atoms with van der Waals surface area (Å²) in [5.74, 6) is 0. The second-order valence-electron chi connectivity index (χ2n) is 1.72. The lowest BCUT2D eigenvalue weighted by Crippen LogP contribution is -2.11. The van der Waals surface area contributed by atoms with Crippen molar-refractivity contribution in [2.24, 2.45) is 4.99 Å². The minimum atomic E-state index is 0.996. The number of rotatable bonds is 2. The molecule has 8 heavy (non-hydrogen) atoms. The van der Waals surface area contributed by atoms with E-state index in [2.05, 4.69) is 11.6 Å². The van der Waals surface area contributed by atoms with Gasteiger partial charge in [-0.1, -0.05) is 6.58 Å².